The number of fused-ring (bicyclic) bond motifs is 1. The highest BCUT2D eigenvalue weighted by molar-refractivity contribution is 5.92. The van der Waals surface area contributed by atoms with E-state index in [0.717, 1.165) is 0 Å². The molecule has 3 rings (SSSR count). The average molecular weight is 277 g/mol. The molecule has 1 N–H and O–H groups in total. The van der Waals surface area contributed by atoms with Crippen LogP contribution in [0.3, 0.4) is 0 Å². The first-order valence-electron chi connectivity index (χ1n) is 5.78. The summed E-state index contributed by atoms with van der Waals surface area (Å²) in [6.45, 7) is 0.178. The third-order valence-corrected chi connectivity index (χ3v) is 2.87. The molecule has 1 aliphatic heterocycles. The molecule has 0 radical (unpaired) electrons. The number of hydrogen-bond donors (Lipinski definition) is 1. The van der Waals surface area contributed by atoms with E-state index >= 15 is 0 Å². The normalized spacial score (nSPS) is 12.4. The average Bonchev–Trinajstić information content (AvgIpc) is 3.03. The van der Waals surface area contributed by atoms with Crippen molar-refractivity contribution < 1.29 is 24.1 Å². The molecule has 0 saturated heterocycles. The van der Waals surface area contributed by atoms with Gasteiger partial charge >= 0.3 is 5.97 Å². The van der Waals surface area contributed by atoms with E-state index in [1.165, 1.54) is 18.5 Å². The van der Waals surface area contributed by atoms with Gasteiger partial charge < -0.3 is 19.3 Å². The molecule has 0 amide bonds. The smallest absolute Gasteiger partial charge is 0.339 e. The maximum absolute atomic E-state index is 11.2. The van der Waals surface area contributed by atoms with Crippen molar-refractivity contribution in [3.8, 4) is 17.2 Å². The molecule has 1 aromatic heterocycles. The van der Waals surface area contributed by atoms with Crippen LogP contribution in [0, 0.1) is 0 Å². The molecule has 2 heterocycles. The summed E-state index contributed by atoms with van der Waals surface area (Å²) < 4.78 is 17.4. The Morgan fingerprint density at radius 1 is 1.45 bits per heavy atom. The highest BCUT2D eigenvalue weighted by Crippen LogP contribution is 2.38. The third-order valence-electron chi connectivity index (χ3n) is 2.87. The van der Waals surface area contributed by atoms with E-state index in [1.54, 1.807) is 11.7 Å². The standard InChI is InChI=1S/C12H11N3O5/c1-15-11(13-5-14-15)4-18-8-3-10-9(19-6-20-10)2-7(8)12(16)17/h2-3,5H,4,6H2,1H3,(H,16,17). The number of nitrogens with zero attached hydrogens (tertiary/aromatic N) is 3. The first-order chi connectivity index (χ1) is 9.65. The maximum Gasteiger partial charge on any atom is 0.339 e. The predicted molar refractivity (Wildman–Crippen MR) is 64.9 cm³/mol. The van der Waals surface area contributed by atoms with Crippen molar-refractivity contribution >= 4 is 5.97 Å². The molecule has 2 aromatic rings. The third kappa shape index (κ3) is 2.11. The van der Waals surface area contributed by atoms with Crippen LogP contribution in [0.5, 0.6) is 17.2 Å². The van der Waals surface area contributed by atoms with Gasteiger partial charge in [0.05, 0.1) is 0 Å². The number of carboxylic acid groups (broad SMARTS) is 1. The van der Waals surface area contributed by atoms with Crippen LogP contribution in [0.25, 0.3) is 0 Å². The van der Waals surface area contributed by atoms with Gasteiger partial charge in [0.15, 0.2) is 17.3 Å². The molecule has 0 saturated carbocycles. The van der Waals surface area contributed by atoms with E-state index in [1.807, 2.05) is 0 Å². The number of hydrogen-bond acceptors (Lipinski definition) is 6. The fourth-order valence-electron chi connectivity index (χ4n) is 1.80. The van der Waals surface area contributed by atoms with Gasteiger partial charge in [0.2, 0.25) is 6.79 Å². The van der Waals surface area contributed by atoms with Crippen LogP contribution in [-0.2, 0) is 13.7 Å². The Morgan fingerprint density at radius 3 is 2.85 bits per heavy atom. The molecule has 104 valence electrons. The zero-order valence-corrected chi connectivity index (χ0v) is 10.6. The van der Waals surface area contributed by atoms with Gasteiger partial charge in [-0.25, -0.2) is 9.78 Å². The fourth-order valence-corrected chi connectivity index (χ4v) is 1.80. The van der Waals surface area contributed by atoms with E-state index in [9.17, 15) is 9.90 Å². The maximum atomic E-state index is 11.2. The first-order valence-corrected chi connectivity index (χ1v) is 5.78. The van der Waals surface area contributed by atoms with Gasteiger partial charge in [-0.2, -0.15) is 5.10 Å². The minimum atomic E-state index is -1.10. The zero-order valence-electron chi connectivity index (χ0n) is 10.6. The largest absolute Gasteiger partial charge is 0.485 e. The topological polar surface area (TPSA) is 95.7 Å². The monoisotopic (exact) mass is 277 g/mol. The molecule has 20 heavy (non-hydrogen) atoms. The zero-order chi connectivity index (χ0) is 14.1. The van der Waals surface area contributed by atoms with Crippen molar-refractivity contribution in [2.45, 2.75) is 6.61 Å². The second-order valence-electron chi connectivity index (χ2n) is 4.10. The summed E-state index contributed by atoms with van der Waals surface area (Å²) in [4.78, 5) is 15.2. The van der Waals surface area contributed by atoms with Crippen LogP contribution in [-0.4, -0.2) is 32.6 Å². The highest BCUT2D eigenvalue weighted by Gasteiger charge is 2.21. The Morgan fingerprint density at radius 2 is 2.20 bits per heavy atom. The van der Waals surface area contributed by atoms with Gasteiger partial charge in [-0.3, -0.25) is 4.68 Å². The quantitative estimate of drug-likeness (QED) is 0.883. The van der Waals surface area contributed by atoms with Crippen molar-refractivity contribution in [1.82, 2.24) is 14.8 Å². The number of benzene rings is 1. The van der Waals surface area contributed by atoms with Gasteiger partial charge in [-0.1, -0.05) is 0 Å². The van der Waals surface area contributed by atoms with Gasteiger partial charge in [-0.05, 0) is 0 Å². The number of aryl methyl sites for hydroxylation is 1. The van der Waals surface area contributed by atoms with Gasteiger partial charge in [0.25, 0.3) is 0 Å². The van der Waals surface area contributed by atoms with Crippen molar-refractivity contribution in [1.29, 1.82) is 0 Å². The van der Waals surface area contributed by atoms with Crippen LogP contribution in [0.1, 0.15) is 16.2 Å². The summed E-state index contributed by atoms with van der Waals surface area (Å²) in [5.74, 6) is 0.538. The molecule has 8 heteroatoms. The molecular weight excluding hydrogens is 266 g/mol. The van der Waals surface area contributed by atoms with E-state index in [0.29, 0.717) is 17.3 Å². The molecule has 0 unspecified atom stereocenters. The molecule has 1 aliphatic rings. The fraction of sp³-hybridized carbons (Fsp3) is 0.250. The van der Waals surface area contributed by atoms with Crippen molar-refractivity contribution in [2.75, 3.05) is 6.79 Å². The summed E-state index contributed by atoms with van der Waals surface area (Å²) in [7, 11) is 1.73. The minimum absolute atomic E-state index is 0.0106. The summed E-state index contributed by atoms with van der Waals surface area (Å²) in [5.41, 5.74) is 0.0106. The molecule has 0 spiro atoms. The molecular formula is C12H11N3O5. The number of aromatic nitrogens is 3. The molecule has 0 atom stereocenters. The Labute approximate surface area is 113 Å². The van der Waals surface area contributed by atoms with Crippen LogP contribution < -0.4 is 14.2 Å². The first kappa shape index (κ1) is 12.3. The van der Waals surface area contributed by atoms with Crippen LogP contribution in [0.15, 0.2) is 18.5 Å². The van der Waals surface area contributed by atoms with E-state index in [4.69, 9.17) is 14.2 Å². The second kappa shape index (κ2) is 4.72. The summed E-state index contributed by atoms with van der Waals surface area (Å²) in [5, 5.41) is 13.1. The lowest BCUT2D eigenvalue weighted by atomic mass is 10.2. The lowest BCUT2D eigenvalue weighted by molar-refractivity contribution is 0.0691. The summed E-state index contributed by atoms with van der Waals surface area (Å²) >= 11 is 0. The minimum Gasteiger partial charge on any atom is -0.485 e. The van der Waals surface area contributed by atoms with E-state index in [2.05, 4.69) is 10.1 Å². The van der Waals surface area contributed by atoms with Gasteiger partial charge in [-0.15, -0.1) is 0 Å². The number of carbonyl (C=O) groups is 1. The van der Waals surface area contributed by atoms with E-state index < -0.39 is 5.97 Å². The summed E-state index contributed by atoms with van der Waals surface area (Å²) in [6.07, 6.45) is 1.40. The molecule has 0 aliphatic carbocycles. The molecule has 8 nitrogen and oxygen atoms in total. The Balaban J connectivity index is 1.88. The van der Waals surface area contributed by atoms with Crippen LogP contribution >= 0.6 is 0 Å². The second-order valence-corrected chi connectivity index (χ2v) is 4.10. The van der Waals surface area contributed by atoms with E-state index in [-0.39, 0.29) is 24.7 Å². The van der Waals surface area contributed by atoms with Crippen molar-refractivity contribution in [2.24, 2.45) is 7.05 Å². The predicted octanol–water partition coefficient (Wildman–Crippen LogP) is 0.821. The van der Waals surface area contributed by atoms with Gasteiger partial charge in [0, 0.05) is 19.2 Å². The SMILES string of the molecule is Cn1ncnc1COc1cc2c(cc1C(=O)O)OCO2. The lowest BCUT2D eigenvalue weighted by Gasteiger charge is -2.09. The van der Waals surface area contributed by atoms with Gasteiger partial charge in [0.1, 0.15) is 24.2 Å². The number of aromatic carboxylic acids is 1. The lowest BCUT2D eigenvalue weighted by Crippen LogP contribution is -2.07. The number of ether oxygens (including phenoxy) is 3. The van der Waals surface area contributed by atoms with Crippen molar-refractivity contribution in [3.63, 3.8) is 0 Å². The summed E-state index contributed by atoms with van der Waals surface area (Å²) in [6, 6.07) is 2.89. The highest BCUT2D eigenvalue weighted by atomic mass is 16.7. The molecule has 0 bridgehead atoms. The van der Waals surface area contributed by atoms with Crippen molar-refractivity contribution in [3.05, 3.63) is 29.8 Å². The Kier molecular flexibility index (Phi) is 2.90. The van der Waals surface area contributed by atoms with Crippen LogP contribution in [0.4, 0.5) is 0 Å². The molecule has 0 fully saturated rings. The Hall–Kier alpha value is -2.77. The number of rotatable bonds is 4. The van der Waals surface area contributed by atoms with Crippen LogP contribution in [0.2, 0.25) is 0 Å². The number of carboxylic acids is 1. The Bertz CT molecular complexity index is 667. The molecule has 1 aromatic carbocycles.